The van der Waals surface area contributed by atoms with Gasteiger partial charge >= 0.3 is 6.18 Å². The van der Waals surface area contributed by atoms with Gasteiger partial charge in [0, 0.05) is 0 Å². The Kier molecular flexibility index (Phi) is 4.38. The predicted molar refractivity (Wildman–Crippen MR) is 60.7 cm³/mol. The van der Waals surface area contributed by atoms with Gasteiger partial charge in [-0.2, -0.15) is 13.2 Å². The molecular weight excluding hydrogens is 245 g/mol. The van der Waals surface area contributed by atoms with Gasteiger partial charge in [-0.25, -0.2) is 0 Å². The fourth-order valence-corrected chi connectivity index (χ4v) is 1.50. The zero-order valence-electron chi connectivity index (χ0n) is 9.77. The molecule has 0 aliphatic carbocycles. The van der Waals surface area contributed by atoms with Crippen molar-refractivity contribution in [1.29, 1.82) is 0 Å². The molecular formula is C12H14F3OSi. The van der Waals surface area contributed by atoms with Gasteiger partial charge in [0.25, 0.3) is 0 Å². The summed E-state index contributed by atoms with van der Waals surface area (Å²) in [5.41, 5.74) is -0.339. The number of alkyl halides is 3. The maximum absolute atomic E-state index is 12.5. The topological polar surface area (TPSA) is 9.23 Å². The van der Waals surface area contributed by atoms with Gasteiger partial charge in [-0.15, -0.1) is 0 Å². The molecule has 5 heteroatoms. The summed E-state index contributed by atoms with van der Waals surface area (Å²) in [4.78, 5) is 0. The van der Waals surface area contributed by atoms with Gasteiger partial charge in [-0.1, -0.05) is 18.2 Å². The number of rotatable bonds is 4. The molecule has 1 rings (SSSR count). The molecule has 0 saturated carbocycles. The number of hydrogen-bond donors (Lipinski definition) is 0. The highest BCUT2D eigenvalue weighted by Crippen LogP contribution is 2.30. The molecule has 0 atom stereocenters. The largest absolute Gasteiger partial charge is 0.416 e. The monoisotopic (exact) mass is 259 g/mol. The molecule has 1 aromatic carbocycles. The number of halogens is 3. The smallest absolute Gasteiger partial charge is 0.414 e. The summed E-state index contributed by atoms with van der Waals surface area (Å²) in [5.74, 6) is 0. The van der Waals surface area contributed by atoms with E-state index in [0.717, 1.165) is 6.07 Å². The van der Waals surface area contributed by atoms with Crippen molar-refractivity contribution in [2.45, 2.75) is 38.5 Å². The van der Waals surface area contributed by atoms with Crippen LogP contribution in [-0.2, 0) is 17.0 Å². The van der Waals surface area contributed by atoms with E-state index in [2.05, 4.69) is 10.5 Å². The molecule has 0 aliphatic rings. The van der Waals surface area contributed by atoms with E-state index in [1.165, 1.54) is 12.1 Å². The van der Waals surface area contributed by atoms with Crippen molar-refractivity contribution >= 4 is 10.5 Å². The van der Waals surface area contributed by atoms with Crippen molar-refractivity contribution in [2.24, 2.45) is 0 Å². The molecule has 0 aromatic heterocycles. The maximum atomic E-state index is 12.5. The third-order valence-electron chi connectivity index (χ3n) is 2.55. The van der Waals surface area contributed by atoms with Crippen LogP contribution < -0.4 is 0 Å². The lowest BCUT2D eigenvalue weighted by atomic mass is 9.98. The lowest BCUT2D eigenvalue weighted by Crippen LogP contribution is -2.23. The molecule has 1 aromatic rings. The van der Waals surface area contributed by atoms with Crippen LogP contribution in [0.25, 0.3) is 0 Å². The first-order chi connectivity index (χ1) is 7.74. The van der Waals surface area contributed by atoms with E-state index in [1.807, 2.05) is 13.8 Å². The van der Waals surface area contributed by atoms with Crippen LogP contribution in [0.15, 0.2) is 24.3 Å². The molecule has 17 heavy (non-hydrogen) atoms. The van der Waals surface area contributed by atoms with E-state index >= 15 is 0 Å². The van der Waals surface area contributed by atoms with Crippen LogP contribution in [0, 0.1) is 0 Å². The number of benzene rings is 1. The Morgan fingerprint density at radius 3 is 2.41 bits per heavy atom. The van der Waals surface area contributed by atoms with Crippen molar-refractivity contribution in [3.05, 3.63) is 35.4 Å². The standard InChI is InChI=1S/C12H14F3OSi/c1-11(2,16-17)7-6-9-4-3-5-10(8-9)12(13,14)15/h3-5,8H,6-7H2,1-2H3. The summed E-state index contributed by atoms with van der Waals surface area (Å²) >= 11 is 0. The number of aryl methyl sites for hydroxylation is 1. The fourth-order valence-electron chi connectivity index (χ4n) is 1.40. The summed E-state index contributed by atoms with van der Waals surface area (Å²) in [7, 11) is 2.96. The molecule has 0 N–H and O–H groups in total. The Bertz CT molecular complexity index is 374. The minimum Gasteiger partial charge on any atom is -0.414 e. The summed E-state index contributed by atoms with van der Waals surface area (Å²) in [6.07, 6.45) is -3.10. The minimum atomic E-state index is -4.28. The van der Waals surface area contributed by atoms with Crippen LogP contribution in [0.2, 0.25) is 0 Å². The summed E-state index contributed by atoms with van der Waals surface area (Å²) in [6, 6.07) is 5.39. The van der Waals surface area contributed by atoms with Crippen molar-refractivity contribution in [3.63, 3.8) is 0 Å². The van der Waals surface area contributed by atoms with E-state index in [1.54, 1.807) is 6.07 Å². The van der Waals surface area contributed by atoms with Gasteiger partial charge < -0.3 is 4.43 Å². The van der Waals surface area contributed by atoms with E-state index in [9.17, 15) is 13.2 Å². The molecule has 0 unspecified atom stereocenters. The molecule has 1 nitrogen and oxygen atoms in total. The van der Waals surface area contributed by atoms with E-state index in [-0.39, 0.29) is 0 Å². The quantitative estimate of drug-likeness (QED) is 0.752. The van der Waals surface area contributed by atoms with Crippen LogP contribution in [0.1, 0.15) is 31.4 Å². The minimum absolute atomic E-state index is 0.398. The third kappa shape index (κ3) is 4.51. The highest BCUT2D eigenvalue weighted by molar-refractivity contribution is 5.98. The zero-order chi connectivity index (χ0) is 13.1. The first kappa shape index (κ1) is 14.2. The second kappa shape index (κ2) is 5.22. The average Bonchev–Trinajstić information content (AvgIpc) is 2.26. The Labute approximate surface area is 103 Å². The third-order valence-corrected chi connectivity index (χ3v) is 3.10. The second-order valence-corrected chi connectivity index (χ2v) is 4.76. The molecule has 0 spiro atoms. The Morgan fingerprint density at radius 1 is 1.24 bits per heavy atom. The van der Waals surface area contributed by atoms with E-state index < -0.39 is 17.3 Å². The van der Waals surface area contributed by atoms with Crippen LogP contribution in [0.3, 0.4) is 0 Å². The van der Waals surface area contributed by atoms with Crippen LogP contribution >= 0.6 is 0 Å². The first-order valence-electron chi connectivity index (χ1n) is 5.25. The van der Waals surface area contributed by atoms with Gasteiger partial charge in [0.15, 0.2) is 0 Å². The molecule has 0 aliphatic heterocycles. The summed E-state index contributed by atoms with van der Waals surface area (Å²) in [5, 5.41) is 0. The molecule has 93 valence electrons. The summed E-state index contributed by atoms with van der Waals surface area (Å²) in [6.45, 7) is 3.74. The molecule has 0 heterocycles. The van der Waals surface area contributed by atoms with Gasteiger partial charge in [0.05, 0.1) is 11.2 Å². The van der Waals surface area contributed by atoms with Crippen LogP contribution in [0.4, 0.5) is 13.2 Å². The molecule has 0 saturated heterocycles. The summed E-state index contributed by atoms with van der Waals surface area (Å²) < 4.78 is 42.5. The van der Waals surface area contributed by atoms with Gasteiger partial charge in [-0.05, 0) is 38.3 Å². The van der Waals surface area contributed by atoms with E-state index in [0.29, 0.717) is 18.4 Å². The molecule has 0 bridgehead atoms. The van der Waals surface area contributed by atoms with Crippen LogP contribution in [-0.4, -0.2) is 16.1 Å². The molecule has 0 amide bonds. The normalized spacial score (nSPS) is 12.8. The van der Waals surface area contributed by atoms with E-state index in [4.69, 9.17) is 4.43 Å². The number of hydrogen-bond acceptors (Lipinski definition) is 1. The van der Waals surface area contributed by atoms with Crippen molar-refractivity contribution in [3.8, 4) is 0 Å². The first-order valence-corrected chi connectivity index (χ1v) is 5.66. The Hall–Kier alpha value is -0.813. The van der Waals surface area contributed by atoms with Crippen molar-refractivity contribution < 1.29 is 17.6 Å². The Morgan fingerprint density at radius 2 is 1.88 bits per heavy atom. The predicted octanol–water partition coefficient (Wildman–Crippen LogP) is 3.52. The van der Waals surface area contributed by atoms with Gasteiger partial charge in [-0.3, -0.25) is 0 Å². The highest BCUT2D eigenvalue weighted by Gasteiger charge is 2.30. The zero-order valence-corrected chi connectivity index (χ0v) is 10.8. The van der Waals surface area contributed by atoms with Crippen molar-refractivity contribution in [2.75, 3.05) is 0 Å². The Balaban J connectivity index is 2.74. The maximum Gasteiger partial charge on any atom is 0.416 e. The highest BCUT2D eigenvalue weighted by atomic mass is 28.2. The fraction of sp³-hybridized carbons (Fsp3) is 0.500. The molecule has 0 fully saturated rings. The van der Waals surface area contributed by atoms with Crippen molar-refractivity contribution in [1.82, 2.24) is 0 Å². The van der Waals surface area contributed by atoms with Gasteiger partial charge in [0.1, 0.15) is 0 Å². The lowest BCUT2D eigenvalue weighted by molar-refractivity contribution is -0.137. The van der Waals surface area contributed by atoms with Gasteiger partial charge in [0.2, 0.25) is 10.5 Å². The van der Waals surface area contributed by atoms with Crippen LogP contribution in [0.5, 0.6) is 0 Å². The second-order valence-electron chi connectivity index (χ2n) is 4.56. The lowest BCUT2D eigenvalue weighted by Gasteiger charge is -2.23. The molecule has 3 radical (unpaired) electrons. The average molecular weight is 259 g/mol. The SMILES string of the molecule is CC(C)(CCc1cccc(C(F)(F)F)c1)O[Si].